The zero-order chi connectivity index (χ0) is 21.9. The highest BCUT2D eigenvalue weighted by molar-refractivity contribution is 6.07. The molecule has 0 spiro atoms. The van der Waals surface area contributed by atoms with E-state index in [-0.39, 0.29) is 0 Å². The molecule has 0 saturated carbocycles. The molecule has 8 heteroatoms. The van der Waals surface area contributed by atoms with E-state index >= 15 is 0 Å². The smallest absolute Gasteiger partial charge is 0.399 e. The Morgan fingerprint density at radius 2 is 1.73 bits per heavy atom. The van der Waals surface area contributed by atoms with Crippen LogP contribution in [0, 0.1) is 0 Å². The van der Waals surface area contributed by atoms with Crippen LogP contribution in [-0.4, -0.2) is 23.3 Å². The van der Waals surface area contributed by atoms with Gasteiger partial charge in [0.1, 0.15) is 7.11 Å². The highest BCUT2D eigenvalue weighted by Crippen LogP contribution is 2.34. The number of hydrogen-bond donors (Lipinski definition) is 1. The third-order valence-electron chi connectivity index (χ3n) is 4.52. The summed E-state index contributed by atoms with van der Waals surface area (Å²) in [6.45, 7) is 1.81. The van der Waals surface area contributed by atoms with Crippen LogP contribution in [0.4, 0.5) is 18.9 Å². The molecule has 3 rings (SSSR count). The van der Waals surface area contributed by atoms with Crippen LogP contribution in [0.15, 0.2) is 66.1 Å². The molecular weight excluding hydrogens is 395 g/mol. The fourth-order valence-electron chi connectivity index (χ4n) is 3.10. The summed E-state index contributed by atoms with van der Waals surface area (Å²) in [5.41, 5.74) is 2.05. The quantitative estimate of drug-likeness (QED) is 0.452. The Balaban J connectivity index is 1.92. The molecule has 0 aliphatic heterocycles. The Morgan fingerprint density at radius 3 is 2.37 bits per heavy atom. The number of oxime groups is 1. The molecule has 1 aromatic heterocycles. The van der Waals surface area contributed by atoms with Gasteiger partial charge in [-0.2, -0.15) is 13.2 Å². The fourth-order valence-corrected chi connectivity index (χ4v) is 3.10. The van der Waals surface area contributed by atoms with Gasteiger partial charge in [-0.25, -0.2) is 0 Å². The van der Waals surface area contributed by atoms with Gasteiger partial charge in [-0.05, 0) is 24.1 Å². The molecule has 0 saturated heterocycles. The summed E-state index contributed by atoms with van der Waals surface area (Å²) in [4.78, 5) is 17.4. The Bertz CT molecular complexity index is 1080. The van der Waals surface area contributed by atoms with Crippen LogP contribution in [0.2, 0.25) is 0 Å². The molecule has 0 atom stereocenters. The van der Waals surface area contributed by atoms with Crippen LogP contribution < -0.4 is 5.32 Å². The number of aryl methyl sites for hydroxylation is 1. The zero-order valence-corrected chi connectivity index (χ0v) is 16.6. The normalized spacial score (nSPS) is 12.0. The maximum Gasteiger partial charge on any atom is 0.418 e. The van der Waals surface area contributed by atoms with E-state index in [1.807, 2.05) is 31.2 Å². The zero-order valence-electron chi connectivity index (χ0n) is 16.6. The second kappa shape index (κ2) is 8.44. The van der Waals surface area contributed by atoms with Crippen molar-refractivity contribution in [3.8, 4) is 11.1 Å². The van der Waals surface area contributed by atoms with Gasteiger partial charge in [0.15, 0.2) is 0 Å². The van der Waals surface area contributed by atoms with E-state index in [4.69, 9.17) is 4.84 Å². The van der Waals surface area contributed by atoms with Crippen molar-refractivity contribution in [3.63, 3.8) is 0 Å². The number of nitrogens with one attached hydrogen (secondary N) is 1. The van der Waals surface area contributed by atoms with Crippen LogP contribution >= 0.6 is 0 Å². The predicted molar refractivity (Wildman–Crippen MR) is 109 cm³/mol. The molecule has 30 heavy (non-hydrogen) atoms. The molecular formula is C22H20F3N3O2. The van der Waals surface area contributed by atoms with Crippen LogP contribution in [0.3, 0.4) is 0 Å². The Morgan fingerprint density at radius 1 is 1.07 bits per heavy atom. The van der Waals surface area contributed by atoms with Gasteiger partial charge in [0.05, 0.1) is 16.8 Å². The molecule has 156 valence electrons. The number of hydrogen-bond acceptors (Lipinski definition) is 3. The van der Waals surface area contributed by atoms with Crippen LogP contribution in [0.1, 0.15) is 28.4 Å². The summed E-state index contributed by atoms with van der Waals surface area (Å²) >= 11 is 0. The first-order valence-corrected chi connectivity index (χ1v) is 9.03. The number of halogens is 3. The van der Waals surface area contributed by atoms with Crippen molar-refractivity contribution in [2.75, 3.05) is 12.4 Å². The van der Waals surface area contributed by atoms with E-state index in [2.05, 4.69) is 10.5 Å². The Hall–Kier alpha value is -3.55. The number of rotatable bonds is 5. The average molecular weight is 415 g/mol. The van der Waals surface area contributed by atoms with Gasteiger partial charge in [0, 0.05) is 30.7 Å². The Labute approximate surface area is 171 Å². The highest BCUT2D eigenvalue weighted by atomic mass is 19.4. The van der Waals surface area contributed by atoms with Crippen molar-refractivity contribution in [1.29, 1.82) is 0 Å². The second-order valence-corrected chi connectivity index (χ2v) is 6.69. The van der Waals surface area contributed by atoms with E-state index in [9.17, 15) is 18.0 Å². The number of nitrogens with zero attached hydrogens (tertiary/aromatic N) is 2. The minimum Gasteiger partial charge on any atom is -0.399 e. The first kappa shape index (κ1) is 21.2. The number of benzene rings is 2. The predicted octanol–water partition coefficient (Wildman–Crippen LogP) is 5.33. The van der Waals surface area contributed by atoms with Gasteiger partial charge < -0.3 is 14.7 Å². The Kier molecular flexibility index (Phi) is 5.96. The molecule has 0 aliphatic carbocycles. The summed E-state index contributed by atoms with van der Waals surface area (Å²) in [6.07, 6.45) is -2.57. The number of amides is 1. The molecule has 0 fully saturated rings. The third-order valence-corrected chi connectivity index (χ3v) is 4.52. The monoisotopic (exact) mass is 415 g/mol. The van der Waals surface area contributed by atoms with Crippen molar-refractivity contribution in [1.82, 2.24) is 4.57 Å². The number of para-hydroxylation sites is 1. The van der Waals surface area contributed by atoms with Crippen molar-refractivity contribution >= 4 is 17.3 Å². The van der Waals surface area contributed by atoms with Crippen molar-refractivity contribution in [3.05, 3.63) is 77.6 Å². The lowest BCUT2D eigenvalue weighted by molar-refractivity contribution is -0.137. The molecule has 0 bridgehead atoms. The third kappa shape index (κ3) is 4.53. The molecule has 5 nitrogen and oxygen atoms in total. The second-order valence-electron chi connectivity index (χ2n) is 6.69. The number of anilines is 1. The molecule has 2 aromatic carbocycles. The van der Waals surface area contributed by atoms with Gasteiger partial charge >= 0.3 is 6.18 Å². The van der Waals surface area contributed by atoms with Crippen molar-refractivity contribution in [2.45, 2.75) is 13.1 Å². The summed E-state index contributed by atoms with van der Waals surface area (Å²) < 4.78 is 41.0. The maximum absolute atomic E-state index is 13.3. The highest BCUT2D eigenvalue weighted by Gasteiger charge is 2.36. The van der Waals surface area contributed by atoms with Crippen molar-refractivity contribution in [2.24, 2.45) is 12.2 Å². The van der Waals surface area contributed by atoms with Crippen LogP contribution in [0.25, 0.3) is 11.1 Å². The van der Waals surface area contributed by atoms with E-state index in [0.29, 0.717) is 17.0 Å². The SMILES string of the molecule is CON=C(C)c1ccc(-c2ccccc2NC(=O)c2cn(C)cc2C(F)(F)F)cc1. The minimum atomic E-state index is -4.62. The van der Waals surface area contributed by atoms with Gasteiger partial charge in [0.25, 0.3) is 5.91 Å². The minimum absolute atomic E-state index is 0.412. The molecule has 0 radical (unpaired) electrons. The fraction of sp³-hybridized carbons (Fsp3) is 0.182. The first-order valence-electron chi connectivity index (χ1n) is 9.03. The molecule has 3 aromatic rings. The van der Waals surface area contributed by atoms with E-state index in [1.54, 1.807) is 24.3 Å². The van der Waals surface area contributed by atoms with Gasteiger partial charge in [0.2, 0.25) is 0 Å². The largest absolute Gasteiger partial charge is 0.418 e. The number of alkyl halides is 3. The van der Waals surface area contributed by atoms with E-state index in [0.717, 1.165) is 23.5 Å². The number of aromatic nitrogens is 1. The summed E-state index contributed by atoms with van der Waals surface area (Å²) in [6, 6.07) is 14.3. The van der Waals surface area contributed by atoms with E-state index in [1.165, 1.54) is 18.7 Å². The lowest BCUT2D eigenvalue weighted by Crippen LogP contribution is -2.17. The maximum atomic E-state index is 13.3. The number of carbonyl (C=O) groups is 1. The first-order chi connectivity index (χ1) is 14.2. The topological polar surface area (TPSA) is 55.6 Å². The molecule has 1 heterocycles. The molecule has 1 N–H and O–H groups in total. The van der Waals surface area contributed by atoms with Gasteiger partial charge in [-0.1, -0.05) is 47.6 Å². The summed E-state index contributed by atoms with van der Waals surface area (Å²) in [5.74, 6) is -0.824. The lowest BCUT2D eigenvalue weighted by atomic mass is 10.0. The number of carbonyl (C=O) groups excluding carboxylic acids is 1. The average Bonchev–Trinajstić information content (AvgIpc) is 3.11. The lowest BCUT2D eigenvalue weighted by Gasteiger charge is -2.13. The molecule has 0 aliphatic rings. The standard InChI is InChI=1S/C22H20F3N3O2/c1-14(27-30-3)15-8-10-16(11-9-15)17-6-4-5-7-20(17)26-21(29)18-12-28(2)13-19(18)22(23,24)25/h4-13H,1-3H3,(H,26,29). The molecule has 1 amide bonds. The van der Waals surface area contributed by atoms with Crippen LogP contribution in [-0.2, 0) is 18.1 Å². The van der Waals surface area contributed by atoms with Crippen LogP contribution in [0.5, 0.6) is 0 Å². The van der Waals surface area contributed by atoms with E-state index < -0.39 is 23.2 Å². The molecule has 0 unspecified atom stereocenters. The summed E-state index contributed by atoms with van der Waals surface area (Å²) in [7, 11) is 2.91. The van der Waals surface area contributed by atoms with Gasteiger partial charge in [-0.3, -0.25) is 4.79 Å². The van der Waals surface area contributed by atoms with Gasteiger partial charge in [-0.15, -0.1) is 0 Å². The summed E-state index contributed by atoms with van der Waals surface area (Å²) in [5, 5.41) is 6.50. The van der Waals surface area contributed by atoms with Crippen molar-refractivity contribution < 1.29 is 22.8 Å².